The number of carbonyl (C=O) groups excluding carboxylic acids is 1. The zero-order chi connectivity index (χ0) is 23.3. The molecule has 2 aromatic heterocycles. The lowest BCUT2D eigenvalue weighted by atomic mass is 10.1. The highest BCUT2D eigenvalue weighted by molar-refractivity contribution is 6.07. The molecule has 4 aromatic rings. The molecule has 0 unspecified atom stereocenters. The van der Waals surface area contributed by atoms with Crippen LogP contribution >= 0.6 is 0 Å². The number of hydrogen-bond donors (Lipinski definition) is 1. The van der Waals surface area contributed by atoms with Crippen molar-refractivity contribution in [1.29, 1.82) is 0 Å². The summed E-state index contributed by atoms with van der Waals surface area (Å²) >= 11 is 0. The second-order valence-corrected chi connectivity index (χ2v) is 7.53. The molecule has 1 N–H and O–H groups in total. The molecule has 0 spiro atoms. The number of unbranched alkanes of at least 4 members (excludes halogenated alkanes) is 2. The van der Waals surface area contributed by atoms with Crippen LogP contribution in [-0.2, 0) is 23.0 Å². The van der Waals surface area contributed by atoms with Crippen molar-refractivity contribution >= 4 is 27.8 Å². The van der Waals surface area contributed by atoms with Gasteiger partial charge in [-0.1, -0.05) is 61.3 Å². The summed E-state index contributed by atoms with van der Waals surface area (Å²) in [6.45, 7) is 4.00. The molecule has 0 aliphatic carbocycles. The number of aromatic nitrogens is 2. The van der Waals surface area contributed by atoms with Crippen LogP contribution in [0.4, 0.5) is 0 Å². The van der Waals surface area contributed by atoms with Crippen molar-refractivity contribution in [2.75, 3.05) is 13.7 Å². The van der Waals surface area contributed by atoms with E-state index in [1.165, 1.54) is 48.2 Å². The highest BCUT2D eigenvalue weighted by atomic mass is 16.5. The van der Waals surface area contributed by atoms with E-state index >= 15 is 0 Å². The Morgan fingerprint density at radius 3 is 2.09 bits per heavy atom. The molecule has 0 radical (unpaired) electrons. The summed E-state index contributed by atoms with van der Waals surface area (Å²) in [4.78, 5) is 10.0. The number of ether oxygens (including phenoxy) is 1. The van der Waals surface area contributed by atoms with Gasteiger partial charge in [-0.2, -0.15) is 0 Å². The Bertz CT molecular complexity index is 1040. The van der Waals surface area contributed by atoms with E-state index < -0.39 is 0 Å². The highest BCUT2D eigenvalue weighted by Gasteiger charge is 2.05. The van der Waals surface area contributed by atoms with Gasteiger partial charge in [0.25, 0.3) is 0 Å². The number of aryl methyl sites for hydroxylation is 3. The summed E-state index contributed by atoms with van der Waals surface area (Å²) in [5.41, 5.74) is 3.69. The Kier molecular flexibility index (Phi) is 10.5. The minimum absolute atomic E-state index is 0.0938. The molecule has 0 saturated heterocycles. The number of para-hydroxylation sites is 2. The van der Waals surface area contributed by atoms with Crippen LogP contribution in [0.2, 0.25) is 0 Å². The molecule has 0 bridgehead atoms. The Morgan fingerprint density at radius 2 is 1.66 bits per heavy atom. The Morgan fingerprint density at radius 1 is 1.06 bits per heavy atom. The fourth-order valence-corrected chi connectivity index (χ4v) is 3.40. The molecule has 4 rings (SSSR count). The van der Waals surface area contributed by atoms with Gasteiger partial charge in [0.05, 0.1) is 25.8 Å². The van der Waals surface area contributed by atoms with Gasteiger partial charge in [-0.3, -0.25) is 4.79 Å². The highest BCUT2D eigenvalue weighted by Crippen LogP contribution is 2.27. The molecular weight excluding hydrogens is 404 g/mol. The minimum Gasteiger partial charge on any atom is -0.469 e. The van der Waals surface area contributed by atoms with E-state index in [4.69, 9.17) is 9.63 Å². The Hall–Kier alpha value is -3.12. The maximum atomic E-state index is 10.0. The lowest BCUT2D eigenvalue weighted by Gasteiger charge is -1.95. The van der Waals surface area contributed by atoms with Gasteiger partial charge in [-0.05, 0) is 31.9 Å². The number of rotatable bonds is 6. The van der Waals surface area contributed by atoms with Crippen molar-refractivity contribution in [3.05, 3.63) is 66.1 Å². The van der Waals surface area contributed by atoms with Gasteiger partial charge in [0.1, 0.15) is 5.76 Å². The van der Waals surface area contributed by atoms with Crippen molar-refractivity contribution in [2.45, 2.75) is 46.0 Å². The van der Waals surface area contributed by atoms with Crippen molar-refractivity contribution in [1.82, 2.24) is 9.72 Å². The molecule has 0 atom stereocenters. The first-order valence-corrected chi connectivity index (χ1v) is 11.0. The SMILES string of the molecule is CCCCCc1cc(C)on1.COC(=O)CCO.Cn1c2ccccc2c2ccccc21. The summed E-state index contributed by atoms with van der Waals surface area (Å²) in [6, 6.07) is 19.0. The lowest BCUT2D eigenvalue weighted by molar-refractivity contribution is -0.141. The number of aliphatic hydroxyl groups excluding tert-OH is 1. The molecule has 2 aromatic carbocycles. The van der Waals surface area contributed by atoms with Gasteiger partial charge in [0.15, 0.2) is 0 Å². The minimum atomic E-state index is -0.373. The van der Waals surface area contributed by atoms with Gasteiger partial charge in [-0.25, -0.2) is 0 Å². The van der Waals surface area contributed by atoms with E-state index in [2.05, 4.69) is 77.0 Å². The topological polar surface area (TPSA) is 77.5 Å². The van der Waals surface area contributed by atoms with Gasteiger partial charge in [0.2, 0.25) is 0 Å². The van der Waals surface area contributed by atoms with Crippen LogP contribution in [0, 0.1) is 6.92 Å². The van der Waals surface area contributed by atoms with Crippen LogP contribution in [-0.4, -0.2) is 34.5 Å². The first-order valence-electron chi connectivity index (χ1n) is 11.0. The van der Waals surface area contributed by atoms with E-state index in [0.717, 1.165) is 17.9 Å². The van der Waals surface area contributed by atoms with E-state index in [0.29, 0.717) is 0 Å². The Labute approximate surface area is 189 Å². The molecule has 0 amide bonds. The molecule has 6 nitrogen and oxygen atoms in total. The average molecular weight is 439 g/mol. The second-order valence-electron chi connectivity index (χ2n) is 7.53. The zero-order valence-corrected chi connectivity index (χ0v) is 19.5. The third-order valence-electron chi connectivity index (χ3n) is 5.08. The van der Waals surface area contributed by atoms with Crippen molar-refractivity contribution in [3.63, 3.8) is 0 Å². The Balaban J connectivity index is 0.000000182. The summed E-state index contributed by atoms with van der Waals surface area (Å²) < 4.78 is 11.4. The number of benzene rings is 2. The number of nitrogens with zero attached hydrogens (tertiary/aromatic N) is 2. The molecule has 6 heteroatoms. The number of hydrogen-bond acceptors (Lipinski definition) is 5. The molecule has 2 heterocycles. The first kappa shape index (κ1) is 25.1. The normalized spacial score (nSPS) is 10.3. The number of fused-ring (bicyclic) bond motifs is 3. The third-order valence-corrected chi connectivity index (χ3v) is 5.08. The van der Waals surface area contributed by atoms with Crippen LogP contribution in [0.5, 0.6) is 0 Å². The van der Waals surface area contributed by atoms with Crippen molar-refractivity contribution in [2.24, 2.45) is 7.05 Å². The van der Waals surface area contributed by atoms with Crippen LogP contribution in [0.15, 0.2) is 59.1 Å². The largest absolute Gasteiger partial charge is 0.469 e. The smallest absolute Gasteiger partial charge is 0.307 e. The first-order chi connectivity index (χ1) is 15.5. The zero-order valence-electron chi connectivity index (χ0n) is 19.5. The maximum Gasteiger partial charge on any atom is 0.307 e. The molecule has 32 heavy (non-hydrogen) atoms. The standard InChI is InChI=1S/C13H11N.C9H15NO.C4H8O3/c1-14-12-8-4-2-6-10(12)11-7-3-5-9-13(11)14;1-3-4-5-6-9-7-8(2)11-10-9;1-7-4(6)2-3-5/h2-9H,1H3;7H,3-6H2,1-2H3;5H,2-3H2,1H3. The maximum absolute atomic E-state index is 10.0. The van der Waals surface area contributed by atoms with E-state index in [9.17, 15) is 4.79 Å². The van der Waals surface area contributed by atoms with Crippen LogP contribution in [0.25, 0.3) is 21.8 Å². The molecule has 172 valence electrons. The lowest BCUT2D eigenvalue weighted by Crippen LogP contribution is -2.01. The van der Waals surface area contributed by atoms with E-state index in [1.54, 1.807) is 0 Å². The fourth-order valence-electron chi connectivity index (χ4n) is 3.40. The fraction of sp³-hybridized carbons (Fsp3) is 0.385. The summed E-state index contributed by atoms with van der Waals surface area (Å²) in [6.07, 6.45) is 4.92. The predicted octanol–water partition coefficient (Wildman–Crippen LogP) is 5.59. The number of methoxy groups -OCH3 is 1. The second kappa shape index (κ2) is 13.3. The molecule has 0 aliphatic heterocycles. The summed E-state index contributed by atoms with van der Waals surface area (Å²) in [7, 11) is 3.41. The molecule has 0 aliphatic rings. The van der Waals surface area contributed by atoms with Gasteiger partial charge < -0.3 is 18.9 Å². The average Bonchev–Trinajstić information content (AvgIpc) is 3.36. The quantitative estimate of drug-likeness (QED) is 0.314. The van der Waals surface area contributed by atoms with E-state index in [1.807, 2.05) is 13.0 Å². The van der Waals surface area contributed by atoms with Gasteiger partial charge in [0, 0.05) is 34.9 Å². The van der Waals surface area contributed by atoms with Gasteiger partial charge >= 0.3 is 5.97 Å². The number of esters is 1. The van der Waals surface area contributed by atoms with Crippen LogP contribution in [0.3, 0.4) is 0 Å². The number of carbonyl (C=O) groups is 1. The molecule has 0 fully saturated rings. The van der Waals surface area contributed by atoms with E-state index in [-0.39, 0.29) is 19.0 Å². The van der Waals surface area contributed by atoms with Gasteiger partial charge in [-0.15, -0.1) is 0 Å². The number of aliphatic hydroxyl groups is 1. The van der Waals surface area contributed by atoms with Crippen LogP contribution in [0.1, 0.15) is 44.1 Å². The van der Waals surface area contributed by atoms with Crippen molar-refractivity contribution in [3.8, 4) is 0 Å². The van der Waals surface area contributed by atoms with Crippen LogP contribution < -0.4 is 0 Å². The third kappa shape index (κ3) is 7.24. The van der Waals surface area contributed by atoms with Crippen molar-refractivity contribution < 1.29 is 19.2 Å². The summed E-state index contributed by atoms with van der Waals surface area (Å²) in [5, 5.41) is 14.7. The monoisotopic (exact) mass is 438 g/mol. The predicted molar refractivity (Wildman–Crippen MR) is 129 cm³/mol. The molecular formula is C26H34N2O4. The summed E-state index contributed by atoms with van der Waals surface area (Å²) in [5.74, 6) is 0.541. The molecule has 0 saturated carbocycles.